The van der Waals surface area contributed by atoms with E-state index < -0.39 is 16.6 Å². The lowest BCUT2D eigenvalue weighted by Gasteiger charge is -2.41. The average Bonchev–Trinajstić information content (AvgIpc) is 3.06. The van der Waals surface area contributed by atoms with Gasteiger partial charge in [0.2, 0.25) is 0 Å². The molecular weight excluding hydrogens is 816 g/mol. The van der Waals surface area contributed by atoms with E-state index in [0.717, 1.165) is 31.3 Å². The van der Waals surface area contributed by atoms with Crippen LogP contribution in [0.3, 0.4) is 0 Å². The average molecular weight is 893 g/mol. The molecule has 0 rings (SSSR count). The van der Waals surface area contributed by atoms with Crippen LogP contribution in [-0.4, -0.2) is 81.4 Å². The molecule has 0 aromatic heterocycles. The van der Waals surface area contributed by atoms with Gasteiger partial charge in [-0.15, -0.1) is 6.58 Å². The van der Waals surface area contributed by atoms with Crippen LogP contribution in [0.5, 0.6) is 0 Å². The van der Waals surface area contributed by atoms with Gasteiger partial charge < -0.3 is 32.5 Å². The monoisotopic (exact) mass is 892 g/mol. The number of ether oxygens (including phenoxy) is 5. The van der Waals surface area contributed by atoms with Crippen LogP contribution in [0.4, 0.5) is 0 Å². The lowest BCUT2D eigenvalue weighted by Crippen LogP contribution is -2.47. The number of esters is 1. The zero-order valence-corrected chi connectivity index (χ0v) is 40.3. The standard InChI is InChI=1S/C42H77IO8Si2/c1-17-18-23-38(51-53(15,16)42(8,9)10)37(48-32-46-12)26-25-36(47-31-45-11)22-20-19-21-24-40(44)50-39(28-33(2)29-43)35(4)27-34(3)30-49-52(13,14)41(5,6)7/h17,21,24-27,29,35-39H,1,18-20,22-23,28,30-32H2,2-16H3/b24-21+,26-25?,33-29+,34-27+/t35-,36+,37+,38+,39-/m1/s1. The highest BCUT2D eigenvalue weighted by molar-refractivity contribution is 14.1. The summed E-state index contributed by atoms with van der Waals surface area (Å²) in [6, 6.07) is 0. The number of methoxy groups -OCH3 is 2. The minimum absolute atomic E-state index is 0.0347. The molecule has 0 N–H and O–H groups in total. The molecule has 5 atom stereocenters. The van der Waals surface area contributed by atoms with Crippen molar-refractivity contribution in [2.45, 2.75) is 162 Å². The first-order valence-electron chi connectivity index (χ1n) is 19.2. The second-order valence-electron chi connectivity index (χ2n) is 17.2. The van der Waals surface area contributed by atoms with Crippen LogP contribution in [0.1, 0.15) is 101 Å². The summed E-state index contributed by atoms with van der Waals surface area (Å²) in [5, 5.41) is 0.205. The number of rotatable bonds is 27. The van der Waals surface area contributed by atoms with Crippen LogP contribution in [-0.2, 0) is 37.3 Å². The Balaban J connectivity index is 5.66. The van der Waals surface area contributed by atoms with Crippen LogP contribution >= 0.6 is 22.6 Å². The third-order valence-corrected chi connectivity index (χ3v) is 20.3. The van der Waals surface area contributed by atoms with E-state index in [1.807, 2.05) is 28.4 Å². The zero-order valence-electron chi connectivity index (χ0n) is 36.1. The van der Waals surface area contributed by atoms with Gasteiger partial charge in [-0.25, -0.2) is 4.79 Å². The van der Waals surface area contributed by atoms with Crippen molar-refractivity contribution in [3.63, 3.8) is 0 Å². The maximum atomic E-state index is 13.0. The van der Waals surface area contributed by atoms with Crippen molar-refractivity contribution in [3.05, 3.63) is 58.3 Å². The predicted octanol–water partition coefficient (Wildman–Crippen LogP) is 11.8. The molecule has 0 amide bonds. The van der Waals surface area contributed by atoms with Gasteiger partial charge in [0.05, 0.1) is 18.8 Å². The Bertz CT molecular complexity index is 1170. The summed E-state index contributed by atoms with van der Waals surface area (Å²) in [4.78, 5) is 13.0. The van der Waals surface area contributed by atoms with E-state index in [9.17, 15) is 4.79 Å². The van der Waals surface area contributed by atoms with Crippen molar-refractivity contribution in [1.82, 2.24) is 0 Å². The molecule has 0 heterocycles. The summed E-state index contributed by atoms with van der Waals surface area (Å²) in [6.45, 7) is 33.6. The van der Waals surface area contributed by atoms with Crippen LogP contribution in [0.2, 0.25) is 36.3 Å². The van der Waals surface area contributed by atoms with Crippen LogP contribution < -0.4 is 0 Å². The number of unbranched alkanes of at least 4 members (excludes halogenated alkanes) is 1. The fraction of sp³-hybridized carbons (Fsp3) is 0.738. The Hall–Kier alpha value is -0.906. The van der Waals surface area contributed by atoms with Gasteiger partial charge in [0, 0.05) is 32.6 Å². The Kier molecular flexibility index (Phi) is 25.6. The van der Waals surface area contributed by atoms with E-state index in [1.165, 1.54) is 5.57 Å². The SMILES string of the molecule is C=CCC[C@H](O[Si](C)(C)C(C)(C)C)[C@H](C=C[C@H](CCC/C=C/C(=O)O[C@H](C/C(C)=C/I)[C@H](C)/C=C(\C)CO[Si](C)(C)C(C)(C)C)OCOC)OCOC. The van der Waals surface area contributed by atoms with Crippen molar-refractivity contribution in [2.75, 3.05) is 34.4 Å². The summed E-state index contributed by atoms with van der Waals surface area (Å²) in [5.41, 5.74) is 2.33. The molecule has 0 aliphatic carbocycles. The topological polar surface area (TPSA) is 81.7 Å². The smallest absolute Gasteiger partial charge is 0.330 e. The first kappa shape index (κ1) is 52.1. The minimum atomic E-state index is -2.08. The number of allylic oxidation sites excluding steroid dienone is 2. The third kappa shape index (κ3) is 21.8. The molecule has 0 fully saturated rings. The maximum Gasteiger partial charge on any atom is 0.330 e. The van der Waals surface area contributed by atoms with Gasteiger partial charge in [0.25, 0.3) is 0 Å². The van der Waals surface area contributed by atoms with Gasteiger partial charge in [-0.2, -0.15) is 0 Å². The second kappa shape index (κ2) is 26.1. The van der Waals surface area contributed by atoms with E-state index in [2.05, 4.69) is 124 Å². The molecule has 0 aromatic rings. The number of halogens is 1. The number of hydrogen-bond acceptors (Lipinski definition) is 8. The van der Waals surface area contributed by atoms with E-state index >= 15 is 0 Å². The molecule has 53 heavy (non-hydrogen) atoms. The molecule has 0 aliphatic heterocycles. The highest BCUT2D eigenvalue weighted by Gasteiger charge is 2.41. The molecule has 0 aliphatic rings. The fourth-order valence-corrected chi connectivity index (χ4v) is 7.44. The van der Waals surface area contributed by atoms with Crippen LogP contribution in [0, 0.1) is 5.92 Å². The van der Waals surface area contributed by atoms with Gasteiger partial charge in [-0.05, 0) is 86.3 Å². The Labute approximate surface area is 340 Å². The van der Waals surface area contributed by atoms with Crippen molar-refractivity contribution < 1.29 is 37.3 Å². The van der Waals surface area contributed by atoms with Gasteiger partial charge in [0.1, 0.15) is 25.8 Å². The van der Waals surface area contributed by atoms with E-state index in [4.69, 9.17) is 32.5 Å². The van der Waals surface area contributed by atoms with Crippen molar-refractivity contribution >= 4 is 45.2 Å². The summed E-state index contributed by atoms with van der Waals surface area (Å²) < 4.78 is 44.1. The molecule has 0 aromatic carbocycles. The van der Waals surface area contributed by atoms with Gasteiger partial charge in [-0.3, -0.25) is 0 Å². The zero-order chi connectivity index (χ0) is 40.9. The molecular formula is C42H77IO8Si2. The molecule has 11 heteroatoms. The molecule has 0 radical (unpaired) electrons. The minimum Gasteiger partial charge on any atom is -0.458 e. The third-order valence-electron chi connectivity index (χ3n) is 10.3. The van der Waals surface area contributed by atoms with E-state index in [1.54, 1.807) is 20.3 Å². The molecule has 8 nitrogen and oxygen atoms in total. The Morgan fingerprint density at radius 3 is 1.98 bits per heavy atom. The molecule has 0 bridgehead atoms. The summed E-state index contributed by atoms with van der Waals surface area (Å²) in [7, 11) is -0.704. The summed E-state index contributed by atoms with van der Waals surface area (Å²) in [5.74, 6) is -0.295. The fourth-order valence-electron chi connectivity index (χ4n) is 4.80. The van der Waals surface area contributed by atoms with Crippen molar-refractivity contribution in [3.8, 4) is 0 Å². The predicted molar refractivity (Wildman–Crippen MR) is 235 cm³/mol. The summed E-state index contributed by atoms with van der Waals surface area (Å²) in [6.07, 6.45) is 15.2. The van der Waals surface area contributed by atoms with Gasteiger partial charge >= 0.3 is 5.97 Å². The molecule has 0 saturated heterocycles. The Morgan fingerprint density at radius 1 is 0.830 bits per heavy atom. The molecule has 0 saturated carbocycles. The summed E-state index contributed by atoms with van der Waals surface area (Å²) >= 11 is 2.24. The Morgan fingerprint density at radius 2 is 1.43 bits per heavy atom. The number of hydrogen-bond donors (Lipinski definition) is 0. The number of carbonyl (C=O) groups excluding carboxylic acids is 1. The lowest BCUT2D eigenvalue weighted by atomic mass is 9.96. The highest BCUT2D eigenvalue weighted by atomic mass is 127. The first-order valence-corrected chi connectivity index (χ1v) is 26.2. The highest BCUT2D eigenvalue weighted by Crippen LogP contribution is 2.39. The molecule has 308 valence electrons. The second-order valence-corrected chi connectivity index (χ2v) is 27.4. The first-order chi connectivity index (χ1) is 24.5. The largest absolute Gasteiger partial charge is 0.458 e. The maximum absolute atomic E-state index is 13.0. The van der Waals surface area contributed by atoms with Gasteiger partial charge in [-0.1, -0.05) is 113 Å². The number of carbonyl (C=O) groups is 1. The lowest BCUT2D eigenvalue weighted by molar-refractivity contribution is -0.144. The van der Waals surface area contributed by atoms with E-state index in [0.29, 0.717) is 19.4 Å². The van der Waals surface area contributed by atoms with E-state index in [-0.39, 0.29) is 60.0 Å². The van der Waals surface area contributed by atoms with Crippen molar-refractivity contribution in [1.29, 1.82) is 0 Å². The van der Waals surface area contributed by atoms with Crippen molar-refractivity contribution in [2.24, 2.45) is 5.92 Å². The molecule has 0 unspecified atom stereocenters. The van der Waals surface area contributed by atoms with Crippen LogP contribution in [0.15, 0.2) is 58.3 Å². The van der Waals surface area contributed by atoms with Crippen LogP contribution in [0.25, 0.3) is 0 Å². The molecule has 0 spiro atoms. The normalized spacial score (nSPS) is 16.9. The quantitative estimate of drug-likeness (QED) is 0.0153. The van der Waals surface area contributed by atoms with Gasteiger partial charge in [0.15, 0.2) is 16.6 Å².